The largest absolute Gasteiger partial charge is 0.311 e. The normalized spacial score (nSPS) is 9.64. The number of carbonyl (C=O) groups excluding carboxylic acids is 1. The quantitative estimate of drug-likeness (QED) is 0.667. The summed E-state index contributed by atoms with van der Waals surface area (Å²) in [5, 5.41) is 9.14. The lowest BCUT2D eigenvalue weighted by Crippen LogP contribution is -2.10. The first kappa shape index (κ1) is 7.78. The van der Waals surface area contributed by atoms with Crippen molar-refractivity contribution in [3.8, 4) is 0 Å². The summed E-state index contributed by atoms with van der Waals surface area (Å²) in [4.78, 5) is 10.9. The summed E-state index contributed by atoms with van der Waals surface area (Å²) in [7, 11) is 0. The Kier molecular flexibility index (Phi) is 2.25. The van der Waals surface area contributed by atoms with Gasteiger partial charge in [0.1, 0.15) is 5.82 Å². The Labute approximate surface area is 65.0 Å². The number of carbonyl (C=O) groups is 1. The molecule has 1 amide bonds. The van der Waals surface area contributed by atoms with Crippen LogP contribution < -0.4 is 5.32 Å². The number of nitrogens with zero attached hydrogens (tertiary/aromatic N) is 1. The van der Waals surface area contributed by atoms with Gasteiger partial charge in [-0.05, 0) is 6.92 Å². The maximum atomic E-state index is 10.9. The molecule has 1 rings (SSSR count). The summed E-state index contributed by atoms with van der Waals surface area (Å²) in [6.45, 7) is 3.69. The van der Waals surface area contributed by atoms with E-state index in [1.165, 1.54) is 0 Å². The molecule has 0 fully saturated rings. The summed E-state index contributed by atoms with van der Waals surface area (Å²) in [5.41, 5.74) is 0.951. The van der Waals surface area contributed by atoms with Crippen LogP contribution in [-0.4, -0.2) is 16.1 Å². The average Bonchev–Trinajstić information content (AvgIpc) is 2.37. The lowest BCUT2D eigenvalue weighted by atomic mass is 10.3. The molecule has 0 aliphatic carbocycles. The van der Waals surface area contributed by atoms with Gasteiger partial charge in [-0.3, -0.25) is 9.89 Å². The van der Waals surface area contributed by atoms with Gasteiger partial charge in [-0.2, -0.15) is 5.10 Å². The van der Waals surface area contributed by atoms with Gasteiger partial charge < -0.3 is 5.32 Å². The lowest BCUT2D eigenvalue weighted by Gasteiger charge is -1.99. The van der Waals surface area contributed by atoms with Gasteiger partial charge in [0.25, 0.3) is 0 Å². The first-order chi connectivity index (χ1) is 5.24. The van der Waals surface area contributed by atoms with Crippen LogP contribution in [0.1, 0.15) is 18.9 Å². The number of hydrogen-bond donors (Lipinski definition) is 2. The number of H-pyrrole nitrogens is 1. The topological polar surface area (TPSA) is 57.8 Å². The Hall–Kier alpha value is -1.32. The Bertz CT molecular complexity index is 254. The Balaban J connectivity index is 2.64. The maximum absolute atomic E-state index is 10.9. The number of nitrogens with one attached hydrogen (secondary N) is 2. The fourth-order valence-electron chi connectivity index (χ4n) is 0.701. The van der Waals surface area contributed by atoms with Gasteiger partial charge >= 0.3 is 0 Å². The van der Waals surface area contributed by atoms with Gasteiger partial charge in [0, 0.05) is 12.0 Å². The number of anilines is 1. The molecule has 0 saturated carbocycles. The minimum atomic E-state index is -0.00245. The summed E-state index contributed by atoms with van der Waals surface area (Å²) in [6, 6.07) is 0. The summed E-state index contributed by atoms with van der Waals surface area (Å²) < 4.78 is 0. The van der Waals surface area contributed by atoms with Crippen molar-refractivity contribution in [2.45, 2.75) is 20.3 Å². The standard InChI is InChI=1S/C7H11N3O/c1-3-6(11)9-7-5(2)4-8-10-7/h4H,3H2,1-2H3,(H2,8,9,10,11). The van der Waals surface area contributed by atoms with Gasteiger partial charge in [-0.25, -0.2) is 0 Å². The second kappa shape index (κ2) is 3.18. The van der Waals surface area contributed by atoms with Crippen LogP contribution in [0.15, 0.2) is 6.20 Å². The molecule has 0 radical (unpaired) electrons. The summed E-state index contributed by atoms with van der Waals surface area (Å²) in [6.07, 6.45) is 2.16. The number of aryl methyl sites for hydroxylation is 1. The van der Waals surface area contributed by atoms with E-state index in [4.69, 9.17) is 0 Å². The molecule has 60 valence electrons. The van der Waals surface area contributed by atoms with Crippen molar-refractivity contribution < 1.29 is 4.79 Å². The Morgan fingerprint density at radius 1 is 1.82 bits per heavy atom. The maximum Gasteiger partial charge on any atom is 0.225 e. The molecule has 0 unspecified atom stereocenters. The van der Waals surface area contributed by atoms with E-state index in [0.29, 0.717) is 12.2 Å². The van der Waals surface area contributed by atoms with Crippen LogP contribution in [0.2, 0.25) is 0 Å². The van der Waals surface area contributed by atoms with Crippen LogP contribution in [0.25, 0.3) is 0 Å². The molecule has 0 spiro atoms. The summed E-state index contributed by atoms with van der Waals surface area (Å²) in [5.74, 6) is 0.689. The predicted octanol–water partition coefficient (Wildman–Crippen LogP) is 1.07. The minimum absolute atomic E-state index is 0.00245. The van der Waals surface area contributed by atoms with Gasteiger partial charge in [0.05, 0.1) is 6.20 Å². The molecule has 0 aliphatic heterocycles. The molecule has 1 aromatic rings. The second-order valence-electron chi connectivity index (χ2n) is 2.33. The van der Waals surface area contributed by atoms with Crippen molar-refractivity contribution in [3.63, 3.8) is 0 Å². The third kappa shape index (κ3) is 1.80. The molecule has 2 N–H and O–H groups in total. The monoisotopic (exact) mass is 153 g/mol. The van der Waals surface area contributed by atoms with Crippen molar-refractivity contribution >= 4 is 11.7 Å². The van der Waals surface area contributed by atoms with Crippen molar-refractivity contribution in [1.82, 2.24) is 10.2 Å². The number of rotatable bonds is 2. The number of aromatic amines is 1. The predicted molar refractivity (Wildman–Crippen MR) is 42.2 cm³/mol. The average molecular weight is 153 g/mol. The highest BCUT2D eigenvalue weighted by Gasteiger charge is 2.02. The van der Waals surface area contributed by atoms with Crippen LogP contribution in [-0.2, 0) is 4.79 Å². The fraction of sp³-hybridized carbons (Fsp3) is 0.429. The van der Waals surface area contributed by atoms with Crippen LogP contribution >= 0.6 is 0 Å². The van der Waals surface area contributed by atoms with E-state index in [1.807, 2.05) is 6.92 Å². The fourth-order valence-corrected chi connectivity index (χ4v) is 0.701. The highest BCUT2D eigenvalue weighted by Crippen LogP contribution is 2.07. The van der Waals surface area contributed by atoms with Gasteiger partial charge in [0.2, 0.25) is 5.91 Å². The molecule has 0 aliphatic rings. The molecular formula is C7H11N3O. The molecule has 11 heavy (non-hydrogen) atoms. The highest BCUT2D eigenvalue weighted by molar-refractivity contribution is 5.90. The first-order valence-corrected chi connectivity index (χ1v) is 3.54. The molecule has 0 bridgehead atoms. The van der Waals surface area contributed by atoms with Crippen LogP contribution in [0.4, 0.5) is 5.82 Å². The SMILES string of the molecule is CCC(=O)Nc1[nH]ncc1C. The highest BCUT2D eigenvalue weighted by atomic mass is 16.1. The third-order valence-corrected chi connectivity index (χ3v) is 1.41. The zero-order chi connectivity index (χ0) is 8.27. The number of amides is 1. The number of hydrogen-bond acceptors (Lipinski definition) is 2. The van der Waals surface area contributed by atoms with Gasteiger partial charge in [-0.1, -0.05) is 6.92 Å². The smallest absolute Gasteiger partial charge is 0.225 e. The Morgan fingerprint density at radius 2 is 2.55 bits per heavy atom. The van der Waals surface area contributed by atoms with Crippen molar-refractivity contribution in [2.75, 3.05) is 5.32 Å². The van der Waals surface area contributed by atoms with E-state index in [1.54, 1.807) is 13.1 Å². The molecule has 0 atom stereocenters. The molecular weight excluding hydrogens is 142 g/mol. The number of aromatic nitrogens is 2. The van der Waals surface area contributed by atoms with Gasteiger partial charge in [-0.15, -0.1) is 0 Å². The van der Waals surface area contributed by atoms with E-state index in [-0.39, 0.29) is 5.91 Å². The molecule has 0 saturated heterocycles. The van der Waals surface area contributed by atoms with E-state index in [2.05, 4.69) is 15.5 Å². The van der Waals surface area contributed by atoms with E-state index >= 15 is 0 Å². The van der Waals surface area contributed by atoms with Crippen molar-refractivity contribution in [1.29, 1.82) is 0 Å². The summed E-state index contributed by atoms with van der Waals surface area (Å²) >= 11 is 0. The van der Waals surface area contributed by atoms with Crippen LogP contribution in [0.5, 0.6) is 0 Å². The molecule has 4 nitrogen and oxygen atoms in total. The molecule has 0 aromatic carbocycles. The van der Waals surface area contributed by atoms with E-state index in [0.717, 1.165) is 5.56 Å². The first-order valence-electron chi connectivity index (χ1n) is 3.54. The lowest BCUT2D eigenvalue weighted by molar-refractivity contribution is -0.115. The molecule has 4 heteroatoms. The van der Waals surface area contributed by atoms with E-state index in [9.17, 15) is 4.79 Å². The van der Waals surface area contributed by atoms with Crippen molar-refractivity contribution in [2.24, 2.45) is 0 Å². The molecule has 1 heterocycles. The van der Waals surface area contributed by atoms with Crippen LogP contribution in [0, 0.1) is 6.92 Å². The van der Waals surface area contributed by atoms with E-state index < -0.39 is 0 Å². The second-order valence-corrected chi connectivity index (χ2v) is 2.33. The van der Waals surface area contributed by atoms with Crippen molar-refractivity contribution in [3.05, 3.63) is 11.8 Å². The minimum Gasteiger partial charge on any atom is -0.311 e. The Morgan fingerprint density at radius 3 is 3.00 bits per heavy atom. The zero-order valence-corrected chi connectivity index (χ0v) is 6.64. The zero-order valence-electron chi connectivity index (χ0n) is 6.64. The van der Waals surface area contributed by atoms with Gasteiger partial charge in [0.15, 0.2) is 0 Å². The third-order valence-electron chi connectivity index (χ3n) is 1.41. The molecule has 1 aromatic heterocycles. The van der Waals surface area contributed by atoms with Crippen LogP contribution in [0.3, 0.4) is 0 Å².